The van der Waals surface area contributed by atoms with Crippen molar-refractivity contribution in [1.82, 2.24) is 0 Å². The Morgan fingerprint density at radius 3 is 2.47 bits per heavy atom. The lowest BCUT2D eigenvalue weighted by atomic mass is 9.80. The number of halogens is 1. The number of carboxylic acids is 1. The van der Waals surface area contributed by atoms with Gasteiger partial charge in [0, 0.05) is 0 Å². The molecule has 0 radical (unpaired) electrons. The van der Waals surface area contributed by atoms with Crippen molar-refractivity contribution in [1.29, 1.82) is 0 Å². The summed E-state index contributed by atoms with van der Waals surface area (Å²) < 4.78 is 13.5. The minimum atomic E-state index is -0.899. The molecule has 1 fully saturated rings. The number of hydrogen-bond acceptors (Lipinski definition) is 2. The number of nitrogen functional groups attached to an aromatic ring is 1. The molecule has 4 heteroatoms. The molecule has 1 aliphatic carbocycles. The van der Waals surface area contributed by atoms with Crippen LogP contribution in [0, 0.1) is 11.7 Å². The van der Waals surface area contributed by atoms with E-state index in [1.807, 2.05) is 0 Å². The van der Waals surface area contributed by atoms with Gasteiger partial charge in [-0.1, -0.05) is 37.8 Å². The van der Waals surface area contributed by atoms with E-state index < -0.39 is 17.7 Å². The van der Waals surface area contributed by atoms with Gasteiger partial charge in [0.05, 0.1) is 11.6 Å². The first kappa shape index (κ1) is 13.8. The Morgan fingerprint density at radius 2 is 1.89 bits per heavy atom. The van der Waals surface area contributed by atoms with E-state index in [1.54, 1.807) is 6.07 Å². The Morgan fingerprint density at radius 1 is 1.26 bits per heavy atom. The maximum atomic E-state index is 13.5. The van der Waals surface area contributed by atoms with E-state index in [-0.39, 0.29) is 11.6 Å². The fourth-order valence-corrected chi connectivity index (χ4v) is 3.06. The number of para-hydroxylation sites is 1. The first-order valence-corrected chi connectivity index (χ1v) is 6.88. The van der Waals surface area contributed by atoms with E-state index >= 15 is 0 Å². The predicted octanol–water partition coefficient (Wildman–Crippen LogP) is 3.55. The molecule has 1 saturated carbocycles. The molecular formula is C15H20FNO2. The van der Waals surface area contributed by atoms with Gasteiger partial charge >= 0.3 is 5.97 Å². The summed E-state index contributed by atoms with van der Waals surface area (Å²) in [6.07, 6.45) is 6.16. The van der Waals surface area contributed by atoms with Crippen LogP contribution in [0.25, 0.3) is 0 Å². The van der Waals surface area contributed by atoms with E-state index in [1.165, 1.54) is 12.1 Å². The second-order valence-electron chi connectivity index (χ2n) is 5.31. The predicted molar refractivity (Wildman–Crippen MR) is 72.4 cm³/mol. The number of nitrogens with two attached hydrogens (primary N) is 1. The number of carboxylic acid groups (broad SMARTS) is 1. The molecule has 0 aromatic heterocycles. The summed E-state index contributed by atoms with van der Waals surface area (Å²) in [5.41, 5.74) is 6.14. The fourth-order valence-electron chi connectivity index (χ4n) is 3.06. The van der Waals surface area contributed by atoms with Crippen molar-refractivity contribution < 1.29 is 14.3 Å². The summed E-state index contributed by atoms with van der Waals surface area (Å²) in [7, 11) is 0. The van der Waals surface area contributed by atoms with Crippen LogP contribution in [0.1, 0.15) is 50.0 Å². The highest BCUT2D eigenvalue weighted by Gasteiger charge is 2.32. The molecule has 1 aromatic rings. The molecule has 0 amide bonds. The quantitative estimate of drug-likeness (QED) is 0.649. The number of aliphatic carboxylic acids is 1. The molecule has 104 valence electrons. The summed E-state index contributed by atoms with van der Waals surface area (Å²) in [6, 6.07) is 4.45. The van der Waals surface area contributed by atoms with E-state index in [4.69, 9.17) is 5.73 Å². The average molecular weight is 265 g/mol. The molecule has 0 aliphatic heterocycles. The second-order valence-corrected chi connectivity index (χ2v) is 5.31. The number of anilines is 1. The zero-order valence-corrected chi connectivity index (χ0v) is 10.9. The fraction of sp³-hybridized carbons (Fsp3) is 0.533. The molecular weight excluding hydrogens is 245 g/mol. The van der Waals surface area contributed by atoms with Crippen LogP contribution in [0.3, 0.4) is 0 Å². The van der Waals surface area contributed by atoms with Crippen LogP contribution in [0.2, 0.25) is 0 Å². The zero-order chi connectivity index (χ0) is 13.8. The number of carbonyl (C=O) groups is 1. The van der Waals surface area contributed by atoms with Crippen molar-refractivity contribution in [3.8, 4) is 0 Å². The van der Waals surface area contributed by atoms with E-state index in [0.29, 0.717) is 5.56 Å². The van der Waals surface area contributed by atoms with Gasteiger partial charge in [0.2, 0.25) is 0 Å². The third-order valence-electron chi connectivity index (χ3n) is 4.06. The first-order valence-electron chi connectivity index (χ1n) is 6.88. The minimum absolute atomic E-state index is 0.0147. The highest BCUT2D eigenvalue weighted by Crippen LogP contribution is 2.38. The summed E-state index contributed by atoms with van der Waals surface area (Å²) >= 11 is 0. The van der Waals surface area contributed by atoms with Gasteiger partial charge in [0.15, 0.2) is 0 Å². The molecule has 0 heterocycles. The SMILES string of the molecule is Nc1c(F)cccc1C(C(=O)O)C1CCCCCC1. The standard InChI is InChI=1S/C15H20FNO2/c16-12-9-5-8-11(14(12)17)13(15(18)19)10-6-3-1-2-4-7-10/h5,8-10,13H,1-4,6-7,17H2,(H,18,19). The molecule has 1 unspecified atom stereocenters. The van der Waals surface area contributed by atoms with Crippen LogP contribution >= 0.6 is 0 Å². The third kappa shape index (κ3) is 3.06. The zero-order valence-electron chi connectivity index (χ0n) is 10.9. The number of benzene rings is 1. The van der Waals surface area contributed by atoms with Crippen LogP contribution in [-0.2, 0) is 4.79 Å². The maximum Gasteiger partial charge on any atom is 0.311 e. The summed E-state index contributed by atoms with van der Waals surface area (Å²) in [5, 5.41) is 9.51. The molecule has 0 spiro atoms. The lowest BCUT2D eigenvalue weighted by Gasteiger charge is -2.24. The lowest BCUT2D eigenvalue weighted by Crippen LogP contribution is -2.22. The Balaban J connectivity index is 2.33. The highest BCUT2D eigenvalue weighted by molar-refractivity contribution is 5.79. The Kier molecular flexibility index (Phi) is 4.40. The molecule has 0 saturated heterocycles. The highest BCUT2D eigenvalue weighted by atomic mass is 19.1. The van der Waals surface area contributed by atoms with Gasteiger partial charge in [-0.15, -0.1) is 0 Å². The van der Waals surface area contributed by atoms with Crippen LogP contribution in [0.4, 0.5) is 10.1 Å². The van der Waals surface area contributed by atoms with Crippen LogP contribution < -0.4 is 5.73 Å². The normalized spacial score (nSPS) is 18.8. The van der Waals surface area contributed by atoms with Gasteiger partial charge in [0.1, 0.15) is 5.82 Å². The van der Waals surface area contributed by atoms with E-state index in [0.717, 1.165) is 38.5 Å². The Hall–Kier alpha value is -1.58. The molecule has 3 nitrogen and oxygen atoms in total. The van der Waals surface area contributed by atoms with Gasteiger partial charge < -0.3 is 10.8 Å². The molecule has 1 aliphatic rings. The van der Waals surface area contributed by atoms with Crippen LogP contribution in [0.15, 0.2) is 18.2 Å². The molecule has 1 atom stereocenters. The molecule has 2 rings (SSSR count). The first-order chi connectivity index (χ1) is 9.11. The summed E-state index contributed by atoms with van der Waals surface area (Å²) in [6.45, 7) is 0. The number of rotatable bonds is 3. The van der Waals surface area contributed by atoms with Gasteiger partial charge in [-0.2, -0.15) is 0 Å². The van der Waals surface area contributed by atoms with Crippen molar-refractivity contribution in [3.05, 3.63) is 29.6 Å². The molecule has 3 N–H and O–H groups in total. The summed E-state index contributed by atoms with van der Waals surface area (Å²) in [4.78, 5) is 11.6. The molecule has 1 aromatic carbocycles. The average Bonchev–Trinajstić information content (AvgIpc) is 2.63. The Labute approximate surface area is 112 Å². The number of hydrogen-bond donors (Lipinski definition) is 2. The largest absolute Gasteiger partial charge is 0.481 e. The Bertz CT molecular complexity index is 453. The van der Waals surface area contributed by atoms with Crippen LogP contribution in [0.5, 0.6) is 0 Å². The van der Waals surface area contributed by atoms with E-state index in [9.17, 15) is 14.3 Å². The van der Waals surface area contributed by atoms with Crippen LogP contribution in [-0.4, -0.2) is 11.1 Å². The van der Waals surface area contributed by atoms with Crippen molar-refractivity contribution in [2.24, 2.45) is 5.92 Å². The molecule has 19 heavy (non-hydrogen) atoms. The monoisotopic (exact) mass is 265 g/mol. The van der Waals surface area contributed by atoms with Crippen molar-refractivity contribution in [2.75, 3.05) is 5.73 Å². The van der Waals surface area contributed by atoms with Crippen molar-refractivity contribution in [3.63, 3.8) is 0 Å². The third-order valence-corrected chi connectivity index (χ3v) is 4.06. The minimum Gasteiger partial charge on any atom is -0.481 e. The van der Waals surface area contributed by atoms with Crippen molar-refractivity contribution >= 4 is 11.7 Å². The topological polar surface area (TPSA) is 63.3 Å². The lowest BCUT2D eigenvalue weighted by molar-refractivity contribution is -0.140. The summed E-state index contributed by atoms with van der Waals surface area (Å²) in [5.74, 6) is -2.06. The van der Waals surface area contributed by atoms with Gasteiger partial charge in [-0.3, -0.25) is 4.79 Å². The maximum absolute atomic E-state index is 13.5. The van der Waals surface area contributed by atoms with Gasteiger partial charge in [-0.25, -0.2) is 4.39 Å². The second kappa shape index (κ2) is 6.04. The smallest absolute Gasteiger partial charge is 0.311 e. The van der Waals surface area contributed by atoms with Gasteiger partial charge in [-0.05, 0) is 30.4 Å². The molecule has 0 bridgehead atoms. The van der Waals surface area contributed by atoms with Gasteiger partial charge in [0.25, 0.3) is 0 Å². The van der Waals surface area contributed by atoms with E-state index in [2.05, 4.69) is 0 Å². The van der Waals surface area contributed by atoms with Crippen molar-refractivity contribution in [2.45, 2.75) is 44.4 Å².